The average molecular weight is 764 g/mol. The first-order valence-corrected chi connectivity index (χ1v) is 21.0. The lowest BCUT2D eigenvalue weighted by Crippen LogP contribution is -2.63. The van der Waals surface area contributed by atoms with Crippen molar-refractivity contribution in [1.29, 1.82) is 0 Å². The third-order valence-corrected chi connectivity index (χ3v) is 12.3. The summed E-state index contributed by atoms with van der Waals surface area (Å²) < 4.78 is 2.59. The number of hydrogen-bond donors (Lipinski definition) is 0. The molecule has 0 fully saturated rings. The van der Waals surface area contributed by atoms with Gasteiger partial charge in [0.2, 0.25) is 0 Å². The summed E-state index contributed by atoms with van der Waals surface area (Å²) in [6.45, 7) is 15.9. The van der Waals surface area contributed by atoms with Crippen LogP contribution in [0.3, 0.4) is 0 Å². The van der Waals surface area contributed by atoms with E-state index < -0.39 is 0 Å². The van der Waals surface area contributed by atoms with Gasteiger partial charge in [0.15, 0.2) is 0 Å². The SMILES string of the molecule is Cc1cc2c3c(c1)N(c1ccc(C(C)(C)C)cc1)c1c(-c4ccccc4)c(-c4ccccc4)n(-c4ccccc4)c1B3c1ccccc1N2c1ccc(C(C)(C)C)cc1. The van der Waals surface area contributed by atoms with Crippen molar-refractivity contribution in [2.75, 3.05) is 9.80 Å². The van der Waals surface area contributed by atoms with Gasteiger partial charge in [0.25, 0.3) is 6.71 Å². The number of benzene rings is 7. The fourth-order valence-electron chi connectivity index (χ4n) is 9.48. The van der Waals surface area contributed by atoms with E-state index in [1.165, 1.54) is 78.3 Å². The van der Waals surface area contributed by atoms with Gasteiger partial charge in [-0.15, -0.1) is 0 Å². The van der Waals surface area contributed by atoms with E-state index in [1.54, 1.807) is 0 Å². The van der Waals surface area contributed by atoms with Crippen molar-refractivity contribution in [2.24, 2.45) is 0 Å². The van der Waals surface area contributed by atoms with Crippen LogP contribution in [0.2, 0.25) is 0 Å². The fraction of sp³-hybridized carbons (Fsp3) is 0.164. The first-order valence-electron chi connectivity index (χ1n) is 21.0. The molecule has 0 spiro atoms. The van der Waals surface area contributed by atoms with Crippen molar-refractivity contribution in [3.8, 4) is 28.1 Å². The van der Waals surface area contributed by atoms with Crippen molar-refractivity contribution in [2.45, 2.75) is 59.3 Å². The van der Waals surface area contributed by atoms with Gasteiger partial charge < -0.3 is 14.4 Å². The number of para-hydroxylation sites is 2. The molecule has 0 saturated carbocycles. The Morgan fingerprint density at radius 1 is 0.441 bits per heavy atom. The molecule has 0 radical (unpaired) electrons. The molecule has 3 nitrogen and oxygen atoms in total. The molecule has 1 aromatic heterocycles. The minimum Gasteiger partial charge on any atom is -0.319 e. The Labute approximate surface area is 350 Å². The Bertz CT molecular complexity index is 2830. The molecule has 0 atom stereocenters. The number of aryl methyl sites for hydroxylation is 1. The monoisotopic (exact) mass is 763 g/mol. The number of nitrogens with zero attached hydrogens (tertiary/aromatic N) is 3. The van der Waals surface area contributed by atoms with Crippen molar-refractivity contribution in [1.82, 2.24) is 4.57 Å². The highest BCUT2D eigenvalue weighted by Crippen LogP contribution is 2.51. The van der Waals surface area contributed by atoms with Crippen LogP contribution in [0.15, 0.2) is 176 Å². The topological polar surface area (TPSA) is 11.4 Å². The maximum atomic E-state index is 2.59. The van der Waals surface area contributed by atoms with Crippen LogP contribution in [0.25, 0.3) is 28.1 Å². The van der Waals surface area contributed by atoms with Crippen LogP contribution in [-0.2, 0) is 10.8 Å². The second-order valence-corrected chi connectivity index (χ2v) is 18.3. The van der Waals surface area contributed by atoms with E-state index in [2.05, 4.69) is 239 Å². The summed E-state index contributed by atoms with van der Waals surface area (Å²) >= 11 is 0. The number of anilines is 6. The third kappa shape index (κ3) is 6.04. The molecule has 2 aliphatic rings. The lowest BCUT2D eigenvalue weighted by molar-refractivity contribution is 0.590. The molecule has 0 saturated heterocycles. The minimum absolute atomic E-state index is 0.0260. The van der Waals surface area contributed by atoms with Gasteiger partial charge in [-0.25, -0.2) is 0 Å². The van der Waals surface area contributed by atoms with Crippen LogP contribution in [-0.4, -0.2) is 11.3 Å². The summed E-state index contributed by atoms with van der Waals surface area (Å²) in [6.07, 6.45) is 0. The molecule has 8 aromatic rings. The van der Waals surface area contributed by atoms with Crippen molar-refractivity contribution in [3.05, 3.63) is 193 Å². The summed E-state index contributed by atoms with van der Waals surface area (Å²) in [4.78, 5) is 5.11. The summed E-state index contributed by atoms with van der Waals surface area (Å²) in [6, 6.07) is 65.6. The van der Waals surface area contributed by atoms with E-state index >= 15 is 0 Å². The standard InChI is InChI=1S/C55H50BN3/c1-37-35-47-50-48(36-37)58(44-33-29-41(30-34-44)55(5,6)7)52-49(38-19-11-8-12-20-38)51(39-21-13-9-14-22-39)59(42-23-15-10-16-24-42)53(52)56(50)45-25-17-18-26-46(45)57(47)43-31-27-40(28-32-43)54(2,3)4/h8-36H,1-7H3. The van der Waals surface area contributed by atoms with Gasteiger partial charge in [-0.05, 0) is 111 Å². The molecule has 10 rings (SSSR count). The largest absolute Gasteiger partial charge is 0.319 e. The molecule has 59 heavy (non-hydrogen) atoms. The van der Waals surface area contributed by atoms with Crippen LogP contribution in [0.4, 0.5) is 34.1 Å². The van der Waals surface area contributed by atoms with E-state index in [0.717, 1.165) is 17.1 Å². The number of hydrogen-bond acceptors (Lipinski definition) is 2. The van der Waals surface area contributed by atoms with E-state index in [9.17, 15) is 0 Å². The molecular weight excluding hydrogens is 713 g/mol. The number of aromatic nitrogens is 1. The summed E-state index contributed by atoms with van der Waals surface area (Å²) in [5.41, 5.74) is 20.9. The van der Waals surface area contributed by atoms with Gasteiger partial charge in [0, 0.05) is 45.3 Å². The molecular formula is C55H50BN3. The van der Waals surface area contributed by atoms with Crippen LogP contribution < -0.4 is 26.3 Å². The van der Waals surface area contributed by atoms with Crippen LogP contribution in [0.1, 0.15) is 58.2 Å². The predicted octanol–water partition coefficient (Wildman–Crippen LogP) is 12.8. The minimum atomic E-state index is -0.0675. The zero-order valence-electron chi connectivity index (χ0n) is 35.2. The van der Waals surface area contributed by atoms with Gasteiger partial charge in [0.05, 0.1) is 11.4 Å². The number of rotatable bonds is 5. The van der Waals surface area contributed by atoms with Crippen molar-refractivity contribution in [3.63, 3.8) is 0 Å². The lowest BCUT2D eigenvalue weighted by atomic mass is 9.34. The summed E-state index contributed by atoms with van der Waals surface area (Å²) in [5, 5.41) is 0. The molecule has 0 aliphatic carbocycles. The molecule has 7 aromatic carbocycles. The Morgan fingerprint density at radius 3 is 1.47 bits per heavy atom. The van der Waals surface area contributed by atoms with E-state index in [0.29, 0.717) is 0 Å². The quantitative estimate of drug-likeness (QED) is 0.162. The van der Waals surface area contributed by atoms with Gasteiger partial charge in [-0.2, -0.15) is 0 Å². The van der Waals surface area contributed by atoms with E-state index in [4.69, 9.17) is 0 Å². The Morgan fingerprint density at radius 2 is 0.915 bits per heavy atom. The fourth-order valence-corrected chi connectivity index (χ4v) is 9.48. The van der Waals surface area contributed by atoms with Crippen molar-refractivity contribution >= 4 is 57.4 Å². The van der Waals surface area contributed by atoms with Gasteiger partial charge in [-0.1, -0.05) is 163 Å². The zero-order chi connectivity index (χ0) is 40.6. The predicted molar refractivity (Wildman–Crippen MR) is 253 cm³/mol. The smallest absolute Gasteiger partial charge is 0.273 e. The molecule has 288 valence electrons. The maximum absolute atomic E-state index is 2.59. The first kappa shape index (κ1) is 36.8. The zero-order valence-corrected chi connectivity index (χ0v) is 35.2. The molecule has 0 unspecified atom stereocenters. The normalized spacial score (nSPS) is 13.2. The highest BCUT2D eigenvalue weighted by Gasteiger charge is 2.48. The van der Waals surface area contributed by atoms with Gasteiger partial charge in [-0.3, -0.25) is 0 Å². The van der Waals surface area contributed by atoms with E-state index in [1.807, 2.05) is 0 Å². The molecule has 0 bridgehead atoms. The van der Waals surface area contributed by atoms with E-state index in [-0.39, 0.29) is 17.5 Å². The Hall–Kier alpha value is -6.52. The lowest BCUT2D eigenvalue weighted by Gasteiger charge is -2.44. The summed E-state index contributed by atoms with van der Waals surface area (Å²) in [7, 11) is 0. The first-order chi connectivity index (χ1) is 28.5. The Kier molecular flexibility index (Phi) is 8.61. The highest BCUT2D eigenvalue weighted by atomic mass is 15.2. The van der Waals surface area contributed by atoms with Crippen molar-refractivity contribution < 1.29 is 0 Å². The molecule has 3 heterocycles. The van der Waals surface area contributed by atoms with Crippen LogP contribution in [0.5, 0.6) is 0 Å². The number of fused-ring (bicyclic) bond motifs is 4. The third-order valence-electron chi connectivity index (χ3n) is 12.3. The second-order valence-electron chi connectivity index (χ2n) is 18.3. The van der Waals surface area contributed by atoms with Crippen LogP contribution >= 0.6 is 0 Å². The molecule has 2 aliphatic heterocycles. The average Bonchev–Trinajstić information content (AvgIpc) is 3.59. The molecule has 0 amide bonds. The Balaban J connectivity index is 1.38. The van der Waals surface area contributed by atoms with Gasteiger partial charge in [0.1, 0.15) is 0 Å². The van der Waals surface area contributed by atoms with Gasteiger partial charge >= 0.3 is 0 Å². The summed E-state index contributed by atoms with van der Waals surface area (Å²) in [5.74, 6) is 0. The second kappa shape index (κ2) is 13.8. The van der Waals surface area contributed by atoms with Crippen LogP contribution in [0, 0.1) is 6.92 Å². The maximum Gasteiger partial charge on any atom is 0.273 e. The molecule has 0 N–H and O–H groups in total. The molecule has 4 heteroatoms. The highest BCUT2D eigenvalue weighted by molar-refractivity contribution is 7.00.